The van der Waals surface area contributed by atoms with Gasteiger partial charge in [-0.05, 0) is 61.7 Å². The molecule has 2 fully saturated rings. The molecular weight excluding hydrogens is 681 g/mol. The van der Waals surface area contributed by atoms with Crippen molar-refractivity contribution in [3.05, 3.63) is 111 Å². The normalized spacial score (nSPS) is 23.8. The number of hydrogen-bond acceptors (Lipinski definition) is 9. The van der Waals surface area contributed by atoms with Crippen LogP contribution in [-0.4, -0.2) is 69.2 Å². The number of hydrogen-bond donors (Lipinski definition) is 2. The van der Waals surface area contributed by atoms with Crippen LogP contribution in [0.25, 0.3) is 0 Å². The van der Waals surface area contributed by atoms with Crippen LogP contribution in [0.1, 0.15) is 60.9 Å². The number of amides is 2. The number of carbonyl (C=O) groups is 2. The highest BCUT2D eigenvalue weighted by molar-refractivity contribution is 6.71. The van der Waals surface area contributed by atoms with E-state index in [9.17, 15) is 29.6 Å². The van der Waals surface area contributed by atoms with Gasteiger partial charge in [-0.1, -0.05) is 54.6 Å². The third kappa shape index (κ3) is 6.33. The molecule has 1 unspecified atom stereocenters. The molecule has 272 valence electrons. The zero-order valence-corrected chi connectivity index (χ0v) is 30.6. The van der Waals surface area contributed by atoms with Gasteiger partial charge >= 0.3 is 0 Å². The molecule has 4 aromatic rings. The molecule has 1 spiro atoms. The molecule has 5 atom stereocenters. The maximum Gasteiger partial charge on any atom is 0.269 e. The number of nitro benzene ring substituents is 1. The maximum absolute atomic E-state index is 14.8. The molecule has 0 bridgehead atoms. The Morgan fingerprint density at radius 2 is 1.83 bits per heavy atom. The highest BCUT2D eigenvalue weighted by Gasteiger charge is 2.66. The minimum Gasteiger partial charge on any atom is -0.432 e. The van der Waals surface area contributed by atoms with Crippen LogP contribution in [0.5, 0.6) is 0 Å². The Morgan fingerprint density at radius 1 is 1.08 bits per heavy atom. The Labute approximate surface area is 303 Å². The summed E-state index contributed by atoms with van der Waals surface area (Å²) in [5.41, 5.74) is 2.07. The average molecular weight is 725 g/mol. The van der Waals surface area contributed by atoms with Crippen molar-refractivity contribution in [2.75, 3.05) is 23.0 Å². The van der Waals surface area contributed by atoms with Crippen LogP contribution in [-0.2, 0) is 33.0 Å². The molecule has 14 heteroatoms. The summed E-state index contributed by atoms with van der Waals surface area (Å²) < 4.78 is 8.58. The van der Waals surface area contributed by atoms with E-state index in [1.54, 1.807) is 26.7 Å². The second-order valence-electron chi connectivity index (χ2n) is 14.7. The number of nitrogens with zero attached hydrogens (tertiary/aromatic N) is 6. The Kier molecular flexibility index (Phi) is 9.59. The minimum absolute atomic E-state index is 0.101. The lowest BCUT2D eigenvalue weighted by atomic mass is 9.82. The van der Waals surface area contributed by atoms with Gasteiger partial charge in [0, 0.05) is 60.5 Å². The number of aryl methyl sites for hydroxylation is 1. The third-order valence-corrected chi connectivity index (χ3v) is 13.5. The van der Waals surface area contributed by atoms with Gasteiger partial charge in [-0.15, -0.1) is 5.10 Å². The van der Waals surface area contributed by atoms with Gasteiger partial charge in [-0.2, -0.15) is 0 Å². The van der Waals surface area contributed by atoms with E-state index in [-0.39, 0.29) is 42.1 Å². The number of aromatic nitrogens is 3. The summed E-state index contributed by atoms with van der Waals surface area (Å²) in [4.78, 5) is 54.0. The van der Waals surface area contributed by atoms with Gasteiger partial charge in [-0.3, -0.25) is 24.4 Å². The number of rotatable bonds is 11. The van der Waals surface area contributed by atoms with Crippen LogP contribution in [0.15, 0.2) is 79.0 Å². The standard InChI is InChI=1S/C38H44N6O7Si/c1-25-36(52(2,3)50)34(18-20-41-23-32(39-40-41)30(24-45)27-9-5-4-6-10-27)51-38(25)31-21-29(44(48)49)16-17-33(31)43(37(38)47)22-26-12-14-28(15-13-26)42-19-8-7-11-35(42)46/h4-6,9-10,12-17,21,23,25,30,34,36,45,50H,7-8,11,18-20,22,24H2,1-3H3/t25-,30?,34+,36-,38+/m0/s1. The number of non-ortho nitro benzene ring substituents is 1. The van der Waals surface area contributed by atoms with E-state index < -0.39 is 30.9 Å². The summed E-state index contributed by atoms with van der Waals surface area (Å²) in [5.74, 6) is -1.06. The lowest BCUT2D eigenvalue weighted by Gasteiger charge is -2.32. The van der Waals surface area contributed by atoms with Crippen molar-refractivity contribution in [2.45, 2.75) is 82.0 Å². The number of nitro groups is 1. The second-order valence-corrected chi connectivity index (χ2v) is 18.7. The van der Waals surface area contributed by atoms with Crippen LogP contribution < -0.4 is 9.80 Å². The Hall–Kier alpha value is -4.76. The van der Waals surface area contributed by atoms with E-state index in [4.69, 9.17) is 4.74 Å². The number of fused-ring (bicyclic) bond motifs is 2. The molecule has 2 amide bonds. The number of ether oxygens (including phenoxy) is 1. The van der Waals surface area contributed by atoms with E-state index in [1.165, 1.54) is 12.1 Å². The van der Waals surface area contributed by atoms with Crippen LogP contribution in [0.3, 0.4) is 0 Å². The molecule has 0 saturated carbocycles. The summed E-state index contributed by atoms with van der Waals surface area (Å²) in [6, 6.07) is 21.6. The number of piperidine rings is 1. The monoisotopic (exact) mass is 724 g/mol. The summed E-state index contributed by atoms with van der Waals surface area (Å²) in [6.07, 6.45) is 4.01. The fourth-order valence-corrected chi connectivity index (χ4v) is 11.1. The van der Waals surface area contributed by atoms with Crippen LogP contribution in [0.2, 0.25) is 18.6 Å². The zero-order valence-electron chi connectivity index (χ0n) is 29.6. The Morgan fingerprint density at radius 3 is 2.50 bits per heavy atom. The Balaban J connectivity index is 1.18. The summed E-state index contributed by atoms with van der Waals surface area (Å²) in [6.45, 7) is 6.69. The highest BCUT2D eigenvalue weighted by atomic mass is 28.4. The number of carbonyl (C=O) groups excluding carboxylic acids is 2. The van der Waals surface area contributed by atoms with Gasteiger partial charge < -0.3 is 24.4 Å². The average Bonchev–Trinajstić information content (AvgIpc) is 3.78. The molecule has 7 rings (SSSR count). The number of anilines is 2. The van der Waals surface area contributed by atoms with Gasteiger partial charge in [0.05, 0.1) is 41.5 Å². The lowest BCUT2D eigenvalue weighted by molar-refractivity contribution is -0.385. The molecule has 0 aliphatic carbocycles. The van der Waals surface area contributed by atoms with E-state index in [2.05, 4.69) is 10.3 Å². The van der Waals surface area contributed by atoms with Crippen molar-refractivity contribution in [3.63, 3.8) is 0 Å². The van der Waals surface area contributed by atoms with Crippen LogP contribution >= 0.6 is 0 Å². The molecule has 13 nitrogen and oxygen atoms in total. The highest BCUT2D eigenvalue weighted by Crippen LogP contribution is 2.60. The van der Waals surface area contributed by atoms with Crippen molar-refractivity contribution < 1.29 is 29.2 Å². The quantitative estimate of drug-likeness (QED) is 0.119. The number of aliphatic hydroxyl groups is 1. The first kappa shape index (κ1) is 35.6. The second kappa shape index (κ2) is 14.0. The van der Waals surface area contributed by atoms with Gasteiger partial charge in [0.25, 0.3) is 11.6 Å². The van der Waals surface area contributed by atoms with Crippen LogP contribution in [0.4, 0.5) is 17.1 Å². The summed E-state index contributed by atoms with van der Waals surface area (Å²) in [7, 11) is -3.00. The SMILES string of the molecule is C[C@H]1[C@H]([Si](C)(C)O)[C@@H](CCn2cc(C(CO)c3ccccc3)nn2)O[C@]12C(=O)N(Cc1ccc(N3CCCCC3=O)cc1)c1ccc([N+](=O)[O-])cc12. The molecule has 2 saturated heterocycles. The molecule has 2 N–H and O–H groups in total. The fraction of sp³-hybridized carbons (Fsp3) is 0.421. The molecule has 3 aromatic carbocycles. The van der Waals surface area contributed by atoms with Crippen molar-refractivity contribution in [1.29, 1.82) is 0 Å². The largest absolute Gasteiger partial charge is 0.432 e. The predicted molar refractivity (Wildman–Crippen MR) is 196 cm³/mol. The van der Waals surface area contributed by atoms with Crippen LogP contribution in [0, 0.1) is 16.0 Å². The fourth-order valence-electron chi connectivity index (χ4n) is 8.55. The lowest BCUT2D eigenvalue weighted by Crippen LogP contribution is -2.46. The smallest absolute Gasteiger partial charge is 0.269 e. The van der Waals surface area contributed by atoms with E-state index in [1.807, 2.05) is 74.6 Å². The van der Waals surface area contributed by atoms with E-state index in [0.717, 1.165) is 29.7 Å². The Bertz CT molecular complexity index is 1970. The third-order valence-electron chi connectivity index (χ3n) is 11.0. The van der Waals surface area contributed by atoms with Crippen molar-refractivity contribution in [1.82, 2.24) is 15.0 Å². The van der Waals surface area contributed by atoms with E-state index in [0.29, 0.717) is 42.9 Å². The molecule has 4 heterocycles. The summed E-state index contributed by atoms with van der Waals surface area (Å²) >= 11 is 0. The first-order chi connectivity index (χ1) is 24.9. The zero-order chi connectivity index (χ0) is 36.8. The molecular formula is C38H44N6O7Si. The summed E-state index contributed by atoms with van der Waals surface area (Å²) in [5, 5.41) is 30.8. The number of benzene rings is 3. The van der Waals surface area contributed by atoms with E-state index >= 15 is 0 Å². The van der Waals surface area contributed by atoms with Gasteiger partial charge in [0.1, 0.15) is 0 Å². The predicted octanol–water partition coefficient (Wildman–Crippen LogP) is 5.26. The van der Waals surface area contributed by atoms with Gasteiger partial charge in [0.15, 0.2) is 13.9 Å². The maximum atomic E-state index is 14.8. The van der Waals surface area contributed by atoms with Gasteiger partial charge in [0.2, 0.25) is 5.91 Å². The molecule has 0 radical (unpaired) electrons. The molecule has 52 heavy (non-hydrogen) atoms. The topological polar surface area (TPSA) is 164 Å². The molecule has 3 aliphatic heterocycles. The molecule has 1 aromatic heterocycles. The number of aliphatic hydroxyl groups excluding tert-OH is 1. The first-order valence-electron chi connectivity index (χ1n) is 17.9. The van der Waals surface area contributed by atoms with Crippen molar-refractivity contribution in [3.8, 4) is 0 Å². The van der Waals surface area contributed by atoms with Crippen molar-refractivity contribution in [2.24, 2.45) is 5.92 Å². The minimum atomic E-state index is -3.00. The first-order valence-corrected chi connectivity index (χ1v) is 20.9. The molecule has 3 aliphatic rings. The van der Waals surface area contributed by atoms with Crippen molar-refractivity contribution >= 4 is 37.2 Å². The van der Waals surface area contributed by atoms with Gasteiger partial charge in [-0.25, -0.2) is 0 Å².